The lowest BCUT2D eigenvalue weighted by Crippen LogP contribution is -2.25. The number of fused-ring (bicyclic) bond motifs is 1. The SMILES string of the molecule is NC(N)=NN=Cc1ccc2c(c1)NC(=O)CO2. The van der Waals surface area contributed by atoms with Crippen LogP contribution in [-0.2, 0) is 4.79 Å². The minimum atomic E-state index is -0.184. The molecular weight excluding hydrogens is 222 g/mol. The normalized spacial score (nSPS) is 13.8. The van der Waals surface area contributed by atoms with E-state index in [1.807, 2.05) is 0 Å². The number of benzene rings is 1. The molecular formula is C10H11N5O2. The summed E-state index contributed by atoms with van der Waals surface area (Å²) in [6.45, 7) is 0.0361. The molecule has 0 atom stereocenters. The molecule has 1 aliphatic heterocycles. The number of amides is 1. The Morgan fingerprint density at radius 1 is 1.47 bits per heavy atom. The van der Waals surface area contributed by atoms with Crippen LogP contribution in [0.3, 0.4) is 0 Å². The van der Waals surface area contributed by atoms with Gasteiger partial charge in [-0.3, -0.25) is 4.79 Å². The summed E-state index contributed by atoms with van der Waals surface area (Å²) in [6, 6.07) is 5.24. The van der Waals surface area contributed by atoms with Crippen LogP contribution in [0.5, 0.6) is 5.75 Å². The maximum Gasteiger partial charge on any atom is 0.262 e. The fourth-order valence-electron chi connectivity index (χ4n) is 1.34. The predicted molar refractivity (Wildman–Crippen MR) is 64.0 cm³/mol. The van der Waals surface area contributed by atoms with Gasteiger partial charge in [-0.05, 0) is 23.8 Å². The number of ether oxygens (including phenoxy) is 1. The van der Waals surface area contributed by atoms with Gasteiger partial charge in [0.05, 0.1) is 11.9 Å². The number of carbonyl (C=O) groups is 1. The van der Waals surface area contributed by atoms with E-state index in [0.717, 1.165) is 5.56 Å². The first kappa shape index (κ1) is 10.9. The first-order chi connectivity index (χ1) is 8.15. The Bertz CT molecular complexity index is 505. The Kier molecular flexibility index (Phi) is 2.91. The molecule has 0 unspecified atom stereocenters. The van der Waals surface area contributed by atoms with Crippen molar-refractivity contribution >= 4 is 23.8 Å². The van der Waals surface area contributed by atoms with Gasteiger partial charge < -0.3 is 21.5 Å². The molecule has 88 valence electrons. The predicted octanol–water partition coefficient (Wildman–Crippen LogP) is -0.375. The molecule has 1 aromatic rings. The average molecular weight is 233 g/mol. The molecule has 0 fully saturated rings. The van der Waals surface area contributed by atoms with Crippen LogP contribution >= 0.6 is 0 Å². The summed E-state index contributed by atoms with van der Waals surface area (Å²) >= 11 is 0. The van der Waals surface area contributed by atoms with Crippen molar-refractivity contribution < 1.29 is 9.53 Å². The highest BCUT2D eigenvalue weighted by Gasteiger charge is 2.15. The van der Waals surface area contributed by atoms with Gasteiger partial charge in [-0.1, -0.05) is 0 Å². The van der Waals surface area contributed by atoms with Crippen LogP contribution in [0.15, 0.2) is 28.4 Å². The topological polar surface area (TPSA) is 115 Å². The smallest absolute Gasteiger partial charge is 0.262 e. The van der Waals surface area contributed by atoms with E-state index in [1.54, 1.807) is 18.2 Å². The summed E-state index contributed by atoms with van der Waals surface area (Å²) in [6.07, 6.45) is 1.47. The zero-order valence-electron chi connectivity index (χ0n) is 8.88. The monoisotopic (exact) mass is 233 g/mol. The van der Waals surface area contributed by atoms with Crippen LogP contribution in [0.25, 0.3) is 0 Å². The molecule has 1 aromatic carbocycles. The van der Waals surface area contributed by atoms with Gasteiger partial charge in [-0.15, -0.1) is 5.10 Å². The van der Waals surface area contributed by atoms with E-state index in [1.165, 1.54) is 6.21 Å². The largest absolute Gasteiger partial charge is 0.482 e. The van der Waals surface area contributed by atoms with Gasteiger partial charge in [0.25, 0.3) is 5.91 Å². The number of guanidine groups is 1. The summed E-state index contributed by atoms with van der Waals surface area (Å²) in [7, 11) is 0. The third-order valence-corrected chi connectivity index (χ3v) is 2.02. The number of nitrogens with two attached hydrogens (primary N) is 2. The first-order valence-corrected chi connectivity index (χ1v) is 4.84. The lowest BCUT2D eigenvalue weighted by atomic mass is 10.2. The molecule has 17 heavy (non-hydrogen) atoms. The van der Waals surface area contributed by atoms with Gasteiger partial charge in [0.2, 0.25) is 5.96 Å². The Morgan fingerprint density at radius 2 is 2.29 bits per heavy atom. The molecule has 0 aliphatic carbocycles. The van der Waals surface area contributed by atoms with Crippen molar-refractivity contribution in [2.45, 2.75) is 0 Å². The minimum absolute atomic E-state index is 0.0361. The van der Waals surface area contributed by atoms with Crippen LogP contribution in [-0.4, -0.2) is 24.7 Å². The second-order valence-electron chi connectivity index (χ2n) is 3.36. The van der Waals surface area contributed by atoms with Crippen LogP contribution in [0, 0.1) is 0 Å². The number of carbonyl (C=O) groups excluding carboxylic acids is 1. The minimum Gasteiger partial charge on any atom is -0.482 e. The summed E-state index contributed by atoms with van der Waals surface area (Å²) in [5, 5.41) is 9.83. The first-order valence-electron chi connectivity index (χ1n) is 4.84. The van der Waals surface area contributed by atoms with E-state index in [4.69, 9.17) is 16.2 Å². The molecule has 0 aromatic heterocycles. The molecule has 0 radical (unpaired) electrons. The number of nitrogens with zero attached hydrogens (tertiary/aromatic N) is 2. The number of hydrogen-bond acceptors (Lipinski definition) is 4. The van der Waals surface area contributed by atoms with Crippen molar-refractivity contribution in [1.82, 2.24) is 0 Å². The molecule has 7 nitrogen and oxygen atoms in total. The Balaban J connectivity index is 2.21. The lowest BCUT2D eigenvalue weighted by molar-refractivity contribution is -0.118. The molecule has 0 spiro atoms. The number of rotatable bonds is 2. The van der Waals surface area contributed by atoms with Crippen molar-refractivity contribution in [3.8, 4) is 5.75 Å². The van der Waals surface area contributed by atoms with Crippen molar-refractivity contribution in [2.75, 3.05) is 11.9 Å². The van der Waals surface area contributed by atoms with Crippen molar-refractivity contribution in [1.29, 1.82) is 0 Å². The van der Waals surface area contributed by atoms with Crippen LogP contribution in [0.1, 0.15) is 5.56 Å². The van der Waals surface area contributed by atoms with Crippen LogP contribution in [0.4, 0.5) is 5.69 Å². The van der Waals surface area contributed by atoms with Crippen molar-refractivity contribution in [3.63, 3.8) is 0 Å². The molecule has 0 bridgehead atoms. The average Bonchev–Trinajstić information content (AvgIpc) is 2.28. The van der Waals surface area contributed by atoms with E-state index in [-0.39, 0.29) is 18.5 Å². The second kappa shape index (κ2) is 4.52. The number of hydrogen-bond donors (Lipinski definition) is 3. The second-order valence-corrected chi connectivity index (χ2v) is 3.36. The number of nitrogens with one attached hydrogen (secondary N) is 1. The zero-order chi connectivity index (χ0) is 12.3. The van der Waals surface area contributed by atoms with E-state index in [9.17, 15) is 4.79 Å². The molecule has 1 heterocycles. The fraction of sp³-hybridized carbons (Fsp3) is 0.100. The summed E-state index contributed by atoms with van der Waals surface area (Å²) in [5.41, 5.74) is 11.6. The molecule has 5 N–H and O–H groups in total. The Labute approximate surface area is 97.2 Å². The molecule has 0 saturated carbocycles. The van der Waals surface area contributed by atoms with Gasteiger partial charge in [0.1, 0.15) is 5.75 Å². The van der Waals surface area contributed by atoms with Gasteiger partial charge >= 0.3 is 0 Å². The third-order valence-electron chi connectivity index (χ3n) is 2.02. The standard InChI is InChI=1S/C10H11N5O2/c11-10(12)15-13-4-6-1-2-8-7(3-6)14-9(16)5-17-8/h1-4H,5H2,(H,14,16)(H4,11,12,15). The number of anilines is 1. The molecule has 1 aliphatic rings. The Hall–Kier alpha value is -2.57. The van der Waals surface area contributed by atoms with E-state index < -0.39 is 0 Å². The van der Waals surface area contributed by atoms with Gasteiger partial charge in [-0.25, -0.2) is 0 Å². The lowest BCUT2D eigenvalue weighted by Gasteiger charge is -2.17. The summed E-state index contributed by atoms with van der Waals surface area (Å²) < 4.78 is 5.21. The summed E-state index contributed by atoms with van der Waals surface area (Å²) in [4.78, 5) is 11.1. The van der Waals surface area contributed by atoms with E-state index in [2.05, 4.69) is 15.5 Å². The Morgan fingerprint density at radius 3 is 3.06 bits per heavy atom. The van der Waals surface area contributed by atoms with Gasteiger partial charge in [0, 0.05) is 0 Å². The van der Waals surface area contributed by atoms with E-state index >= 15 is 0 Å². The third kappa shape index (κ3) is 2.71. The highest BCUT2D eigenvalue weighted by molar-refractivity contribution is 5.96. The molecule has 7 heteroatoms. The van der Waals surface area contributed by atoms with Gasteiger partial charge in [0.15, 0.2) is 6.61 Å². The van der Waals surface area contributed by atoms with E-state index in [0.29, 0.717) is 11.4 Å². The van der Waals surface area contributed by atoms with Gasteiger partial charge in [-0.2, -0.15) is 5.10 Å². The van der Waals surface area contributed by atoms with Crippen molar-refractivity contribution in [2.24, 2.45) is 21.7 Å². The quantitative estimate of drug-likeness (QED) is 0.367. The highest BCUT2D eigenvalue weighted by Crippen LogP contribution is 2.27. The maximum atomic E-state index is 11.1. The van der Waals surface area contributed by atoms with Crippen LogP contribution in [0.2, 0.25) is 0 Å². The molecule has 2 rings (SSSR count). The highest BCUT2D eigenvalue weighted by atomic mass is 16.5. The molecule has 1 amide bonds. The van der Waals surface area contributed by atoms with Crippen molar-refractivity contribution in [3.05, 3.63) is 23.8 Å². The zero-order valence-corrected chi connectivity index (χ0v) is 8.88. The maximum absolute atomic E-state index is 11.1. The fourth-order valence-corrected chi connectivity index (χ4v) is 1.34. The molecule has 0 saturated heterocycles. The summed E-state index contributed by atoms with van der Waals surface area (Å²) in [5.74, 6) is 0.329. The van der Waals surface area contributed by atoms with Crippen LogP contribution < -0.4 is 21.5 Å².